The van der Waals surface area contributed by atoms with Gasteiger partial charge in [0, 0.05) is 19.8 Å². The second kappa shape index (κ2) is 17.7. The molecule has 0 heterocycles. The minimum Gasteiger partial charge on any atom is -0.370 e. The van der Waals surface area contributed by atoms with Crippen molar-refractivity contribution in [1.82, 2.24) is 5.32 Å². The van der Waals surface area contributed by atoms with Crippen LogP contribution in [-0.4, -0.2) is 56.3 Å². The van der Waals surface area contributed by atoms with Crippen LogP contribution in [-0.2, 0) is 19.1 Å². The smallest absolute Gasteiger partial charge is 0.237 e. The standard InChI is InChI=1S/C12H25N5O2.C6H14O2/c1-8(2)6-10(13)11(19)17-9(7-18)4-3-5-16-12(14)15;1-4-7-6(3)8-5-2/h7-10H,3-6,13H2,1-2H3,(H,17,19)(H4,14,15,16);6H,4-5H2,1-3H3. The van der Waals surface area contributed by atoms with Gasteiger partial charge in [-0.15, -0.1) is 0 Å². The number of guanidine groups is 1. The molecule has 27 heavy (non-hydrogen) atoms. The topological polar surface area (TPSA) is 155 Å². The van der Waals surface area contributed by atoms with Crippen LogP contribution in [0.5, 0.6) is 0 Å². The van der Waals surface area contributed by atoms with Crippen molar-refractivity contribution >= 4 is 18.2 Å². The molecule has 2 unspecified atom stereocenters. The summed E-state index contributed by atoms with van der Waals surface area (Å²) in [4.78, 5) is 26.4. The number of hydrogen-bond donors (Lipinski definition) is 4. The van der Waals surface area contributed by atoms with Crippen molar-refractivity contribution in [2.24, 2.45) is 28.1 Å². The molecule has 7 N–H and O–H groups in total. The fourth-order valence-corrected chi connectivity index (χ4v) is 2.12. The molecule has 0 aromatic carbocycles. The lowest BCUT2D eigenvalue weighted by Gasteiger charge is -2.17. The average molecular weight is 390 g/mol. The quantitative estimate of drug-likeness (QED) is 0.117. The highest BCUT2D eigenvalue weighted by Crippen LogP contribution is 2.03. The van der Waals surface area contributed by atoms with Gasteiger partial charge in [-0.3, -0.25) is 9.79 Å². The van der Waals surface area contributed by atoms with Gasteiger partial charge in [-0.25, -0.2) is 0 Å². The molecule has 0 aromatic heterocycles. The molecule has 0 bridgehead atoms. The summed E-state index contributed by atoms with van der Waals surface area (Å²) < 4.78 is 10.1. The van der Waals surface area contributed by atoms with Crippen molar-refractivity contribution < 1.29 is 19.1 Å². The van der Waals surface area contributed by atoms with E-state index < -0.39 is 12.1 Å². The van der Waals surface area contributed by atoms with Crippen molar-refractivity contribution in [3.8, 4) is 0 Å². The molecule has 0 aliphatic heterocycles. The lowest BCUT2D eigenvalue weighted by Crippen LogP contribution is -2.46. The van der Waals surface area contributed by atoms with Gasteiger partial charge in [0.05, 0.1) is 12.1 Å². The lowest BCUT2D eigenvalue weighted by atomic mass is 10.0. The number of nitrogens with zero attached hydrogens (tertiary/aromatic N) is 1. The van der Waals surface area contributed by atoms with Crippen molar-refractivity contribution in [3.63, 3.8) is 0 Å². The average Bonchev–Trinajstić information content (AvgIpc) is 2.57. The first-order chi connectivity index (χ1) is 12.7. The first kappa shape index (κ1) is 27.5. The number of rotatable bonds is 13. The third kappa shape index (κ3) is 18.9. The maximum Gasteiger partial charge on any atom is 0.237 e. The molecule has 0 saturated heterocycles. The molecule has 0 aromatic rings. The molecule has 9 nitrogen and oxygen atoms in total. The van der Waals surface area contributed by atoms with Crippen LogP contribution in [0.4, 0.5) is 0 Å². The first-order valence-corrected chi connectivity index (χ1v) is 9.47. The Hall–Kier alpha value is -1.71. The molecule has 0 aliphatic carbocycles. The largest absolute Gasteiger partial charge is 0.370 e. The number of amides is 1. The SMILES string of the molecule is CC(C)CC(N)C(=O)NC(C=O)CCCN=C(N)N.CCOC(C)OCC. The monoisotopic (exact) mass is 389 g/mol. The molecule has 0 radical (unpaired) electrons. The van der Waals surface area contributed by atoms with E-state index in [0.29, 0.717) is 38.0 Å². The zero-order valence-electron chi connectivity index (χ0n) is 17.4. The van der Waals surface area contributed by atoms with Gasteiger partial charge in [0.25, 0.3) is 0 Å². The van der Waals surface area contributed by atoms with Crippen LogP contribution in [0.25, 0.3) is 0 Å². The zero-order chi connectivity index (χ0) is 21.2. The van der Waals surface area contributed by atoms with Crippen LogP contribution in [0.1, 0.15) is 53.9 Å². The van der Waals surface area contributed by atoms with Gasteiger partial charge in [0.15, 0.2) is 12.2 Å². The third-order valence-corrected chi connectivity index (χ3v) is 3.32. The van der Waals surface area contributed by atoms with Crippen molar-refractivity contribution in [2.45, 2.75) is 72.3 Å². The van der Waals surface area contributed by atoms with E-state index in [1.54, 1.807) is 0 Å². The Morgan fingerprint density at radius 2 is 1.70 bits per heavy atom. The van der Waals surface area contributed by atoms with Gasteiger partial charge >= 0.3 is 0 Å². The maximum atomic E-state index is 11.7. The Labute approximate surface area is 163 Å². The lowest BCUT2D eigenvalue weighted by molar-refractivity contribution is -0.125. The molecule has 0 rings (SSSR count). The van der Waals surface area contributed by atoms with E-state index in [4.69, 9.17) is 26.7 Å². The van der Waals surface area contributed by atoms with Gasteiger partial charge in [-0.05, 0) is 46.0 Å². The van der Waals surface area contributed by atoms with Gasteiger partial charge in [0.2, 0.25) is 5.91 Å². The zero-order valence-corrected chi connectivity index (χ0v) is 17.4. The van der Waals surface area contributed by atoms with E-state index in [1.165, 1.54) is 0 Å². The summed E-state index contributed by atoms with van der Waals surface area (Å²) in [6, 6.07) is -1.12. The fourth-order valence-electron chi connectivity index (χ4n) is 2.12. The van der Waals surface area contributed by atoms with Crippen LogP contribution in [0, 0.1) is 5.92 Å². The summed E-state index contributed by atoms with van der Waals surface area (Å²) in [5, 5.41) is 2.62. The van der Waals surface area contributed by atoms with E-state index in [9.17, 15) is 9.59 Å². The summed E-state index contributed by atoms with van der Waals surface area (Å²) in [5.74, 6) is 0.0515. The number of nitrogens with one attached hydrogen (secondary N) is 1. The van der Waals surface area contributed by atoms with E-state index >= 15 is 0 Å². The van der Waals surface area contributed by atoms with E-state index in [1.807, 2.05) is 34.6 Å². The van der Waals surface area contributed by atoms with E-state index in [0.717, 1.165) is 13.2 Å². The van der Waals surface area contributed by atoms with Gasteiger partial charge in [-0.2, -0.15) is 0 Å². The summed E-state index contributed by atoms with van der Waals surface area (Å²) in [5.41, 5.74) is 16.1. The Balaban J connectivity index is 0. The summed E-state index contributed by atoms with van der Waals surface area (Å²) in [6.45, 7) is 11.7. The van der Waals surface area contributed by atoms with Crippen molar-refractivity contribution in [1.29, 1.82) is 0 Å². The molecule has 0 spiro atoms. The number of ether oxygens (including phenoxy) is 2. The predicted molar refractivity (Wildman–Crippen MR) is 108 cm³/mol. The summed E-state index contributed by atoms with van der Waals surface area (Å²) in [7, 11) is 0. The van der Waals surface area contributed by atoms with Crippen molar-refractivity contribution in [2.75, 3.05) is 19.8 Å². The normalized spacial score (nSPS) is 12.7. The van der Waals surface area contributed by atoms with Crippen molar-refractivity contribution in [3.05, 3.63) is 0 Å². The van der Waals surface area contributed by atoms with E-state index in [2.05, 4.69) is 10.3 Å². The Morgan fingerprint density at radius 1 is 1.15 bits per heavy atom. The number of aldehydes is 1. The minimum absolute atomic E-state index is 0.0191. The molecule has 1 amide bonds. The molecular weight excluding hydrogens is 350 g/mol. The fraction of sp³-hybridized carbons (Fsp3) is 0.833. The van der Waals surface area contributed by atoms with Crippen LogP contribution < -0.4 is 22.5 Å². The number of carbonyl (C=O) groups excluding carboxylic acids is 2. The number of hydrogen-bond acceptors (Lipinski definition) is 6. The highest BCUT2D eigenvalue weighted by molar-refractivity contribution is 5.84. The number of aliphatic imine (C=N–C) groups is 1. The van der Waals surface area contributed by atoms with Crippen LogP contribution in [0.15, 0.2) is 4.99 Å². The Kier molecular flexibility index (Phi) is 18.0. The second-order valence-corrected chi connectivity index (χ2v) is 6.41. The maximum absolute atomic E-state index is 11.7. The number of nitrogens with two attached hydrogens (primary N) is 3. The molecule has 9 heteroatoms. The Bertz CT molecular complexity index is 409. The Morgan fingerprint density at radius 3 is 2.11 bits per heavy atom. The summed E-state index contributed by atoms with van der Waals surface area (Å²) in [6.07, 6.45) is 2.35. The van der Waals surface area contributed by atoms with Gasteiger partial charge < -0.3 is 36.8 Å². The molecule has 2 atom stereocenters. The highest BCUT2D eigenvalue weighted by Gasteiger charge is 2.18. The highest BCUT2D eigenvalue weighted by atomic mass is 16.7. The third-order valence-electron chi connectivity index (χ3n) is 3.32. The second-order valence-electron chi connectivity index (χ2n) is 6.41. The van der Waals surface area contributed by atoms with E-state index in [-0.39, 0.29) is 18.2 Å². The van der Waals surface area contributed by atoms with Crippen LogP contribution in [0.2, 0.25) is 0 Å². The first-order valence-electron chi connectivity index (χ1n) is 9.47. The molecule has 160 valence electrons. The number of carbonyl (C=O) groups is 2. The molecule has 0 saturated carbocycles. The van der Waals surface area contributed by atoms with Gasteiger partial charge in [-0.1, -0.05) is 13.8 Å². The molecular formula is C18H39N5O4. The van der Waals surface area contributed by atoms with Gasteiger partial charge in [0.1, 0.15) is 6.29 Å². The minimum atomic E-state index is -0.583. The van der Waals surface area contributed by atoms with Crippen LogP contribution >= 0.6 is 0 Å². The molecule has 0 fully saturated rings. The molecule has 0 aliphatic rings. The van der Waals surface area contributed by atoms with Crippen LogP contribution in [0.3, 0.4) is 0 Å². The predicted octanol–water partition coefficient (Wildman–Crippen LogP) is 0.503. The summed E-state index contributed by atoms with van der Waals surface area (Å²) >= 11 is 0.